The molecule has 0 aliphatic carbocycles. The van der Waals surface area contributed by atoms with Crippen molar-refractivity contribution in [3.8, 4) is 11.5 Å². The number of hydrogen-bond donors (Lipinski definition) is 1. The van der Waals surface area contributed by atoms with Crippen LogP contribution in [-0.2, 0) is 4.79 Å². The van der Waals surface area contributed by atoms with Gasteiger partial charge in [0.2, 0.25) is 5.91 Å². The van der Waals surface area contributed by atoms with Crippen molar-refractivity contribution in [1.29, 1.82) is 0 Å². The van der Waals surface area contributed by atoms with E-state index in [0.29, 0.717) is 18.8 Å². The summed E-state index contributed by atoms with van der Waals surface area (Å²) in [5.74, 6) is 2.27. The lowest BCUT2D eigenvalue weighted by Crippen LogP contribution is -2.55. The average Bonchev–Trinajstić information content (AvgIpc) is 3.69. The van der Waals surface area contributed by atoms with Crippen molar-refractivity contribution in [3.63, 3.8) is 0 Å². The van der Waals surface area contributed by atoms with Crippen molar-refractivity contribution < 1.29 is 9.53 Å². The number of hydrogen-bond acceptors (Lipinski definition) is 9. The van der Waals surface area contributed by atoms with Gasteiger partial charge in [0.05, 0.1) is 5.69 Å². The predicted molar refractivity (Wildman–Crippen MR) is 164 cm³/mol. The lowest BCUT2D eigenvalue weighted by atomic mass is 10.1. The lowest BCUT2D eigenvalue weighted by Gasteiger charge is -2.42. The summed E-state index contributed by atoms with van der Waals surface area (Å²) in [6, 6.07) is 12.3. The van der Waals surface area contributed by atoms with E-state index in [2.05, 4.69) is 36.4 Å². The number of amides is 1. The minimum absolute atomic E-state index is 0.0905. The molecule has 2 fully saturated rings. The molecule has 2 aliphatic rings. The van der Waals surface area contributed by atoms with Gasteiger partial charge >= 0.3 is 0 Å². The Bertz CT molecular complexity index is 1810. The van der Waals surface area contributed by atoms with Crippen molar-refractivity contribution in [1.82, 2.24) is 39.0 Å². The number of pyridine rings is 1. The minimum atomic E-state index is 0.0905. The molecule has 7 rings (SSSR count). The Kier molecular flexibility index (Phi) is 6.90. The Morgan fingerprint density at radius 3 is 2.58 bits per heavy atom. The fourth-order valence-electron chi connectivity index (χ4n) is 6.15. The lowest BCUT2D eigenvalue weighted by molar-refractivity contribution is -0.126. The first-order chi connectivity index (χ1) is 20.9. The van der Waals surface area contributed by atoms with E-state index >= 15 is 0 Å². The molecule has 220 valence electrons. The zero-order valence-corrected chi connectivity index (χ0v) is 24.5. The summed E-state index contributed by atoms with van der Waals surface area (Å²) in [6.45, 7) is 4.18. The van der Waals surface area contributed by atoms with Crippen molar-refractivity contribution in [2.45, 2.75) is 31.8 Å². The van der Waals surface area contributed by atoms with E-state index in [0.717, 1.165) is 59.1 Å². The molecule has 43 heavy (non-hydrogen) atoms. The highest BCUT2D eigenvalue weighted by Crippen LogP contribution is 2.40. The Hall–Kier alpha value is -4.97. The quantitative estimate of drug-likeness (QED) is 0.274. The van der Waals surface area contributed by atoms with E-state index in [9.17, 15) is 4.79 Å². The molecular formula is C31H34N10O2. The van der Waals surface area contributed by atoms with E-state index < -0.39 is 0 Å². The number of nitrogens with zero attached hydrogens (tertiary/aromatic N) is 9. The van der Waals surface area contributed by atoms with Crippen LogP contribution in [0.4, 0.5) is 17.2 Å². The maximum atomic E-state index is 12.9. The number of carbonyl (C=O) groups is 1. The molecule has 12 heteroatoms. The summed E-state index contributed by atoms with van der Waals surface area (Å²) in [5.41, 5.74) is 4.61. The topological polar surface area (TPSA) is 108 Å². The van der Waals surface area contributed by atoms with Crippen molar-refractivity contribution in [2.24, 2.45) is 0 Å². The monoisotopic (exact) mass is 578 g/mol. The van der Waals surface area contributed by atoms with Crippen LogP contribution >= 0.6 is 0 Å². The first-order valence-electron chi connectivity index (χ1n) is 14.5. The van der Waals surface area contributed by atoms with Gasteiger partial charge in [0.25, 0.3) is 0 Å². The number of likely N-dealkylation sites (tertiary alicyclic amines) is 1. The molecular weight excluding hydrogens is 544 g/mol. The van der Waals surface area contributed by atoms with Gasteiger partial charge in [0, 0.05) is 61.9 Å². The van der Waals surface area contributed by atoms with Gasteiger partial charge in [-0.2, -0.15) is 10.2 Å². The normalized spacial score (nSPS) is 18.4. The van der Waals surface area contributed by atoms with Gasteiger partial charge in [0.15, 0.2) is 11.5 Å². The number of anilines is 3. The third kappa shape index (κ3) is 5.25. The second-order valence-electron chi connectivity index (χ2n) is 11.4. The fraction of sp³-hybridized carbons (Fsp3) is 0.323. The molecule has 2 unspecified atom stereocenters. The molecule has 0 radical (unpaired) electrons. The molecule has 2 saturated heterocycles. The zero-order valence-electron chi connectivity index (χ0n) is 24.5. The second-order valence-corrected chi connectivity index (χ2v) is 11.4. The molecule has 1 N–H and O–H groups in total. The minimum Gasteiger partial charge on any atom is -0.457 e. The molecule has 4 aromatic heterocycles. The largest absolute Gasteiger partial charge is 0.457 e. The van der Waals surface area contributed by atoms with Crippen LogP contribution in [0.25, 0.3) is 11.2 Å². The summed E-state index contributed by atoms with van der Waals surface area (Å²) in [5, 5.41) is 12.1. The second kappa shape index (κ2) is 11.0. The van der Waals surface area contributed by atoms with Gasteiger partial charge in [-0.1, -0.05) is 6.08 Å². The molecule has 2 bridgehead atoms. The van der Waals surface area contributed by atoms with E-state index in [1.54, 1.807) is 16.9 Å². The molecule has 12 nitrogen and oxygen atoms in total. The standard InChI is InChI=1S/C31H34N10O2/c1-21-15-22(6-9-27(21)43-25-10-13-39-28(16-25)32-19-34-39)36-31-30-26(11-14-40(30)35-20-33-31)41-23-7-8-24(41)18-38(17-23)29(42)5-4-12-37(2)3/h4-6,9-11,13-16,19-20,23-24H,7-8,12,17-18H2,1-3H3,(H,33,35,36)/b5-4+. The smallest absolute Gasteiger partial charge is 0.246 e. The van der Waals surface area contributed by atoms with E-state index in [1.165, 1.54) is 6.33 Å². The van der Waals surface area contributed by atoms with Crippen LogP contribution in [0, 0.1) is 6.92 Å². The van der Waals surface area contributed by atoms with Gasteiger partial charge < -0.3 is 24.8 Å². The maximum absolute atomic E-state index is 12.9. The number of ether oxygens (including phenoxy) is 1. The van der Waals surface area contributed by atoms with Crippen LogP contribution in [0.1, 0.15) is 18.4 Å². The SMILES string of the molecule is Cc1cc(Nc2ncnn3ccc(N4C5CCC4CN(C(=O)/C=C/CN(C)C)C5)c23)ccc1Oc1ccn2ncnc2c1. The number of rotatable bonds is 8. The number of piperazine rings is 1. The van der Waals surface area contributed by atoms with E-state index in [1.807, 2.05) is 84.1 Å². The summed E-state index contributed by atoms with van der Waals surface area (Å²) in [6.07, 6.45) is 12.6. The van der Waals surface area contributed by atoms with Crippen LogP contribution in [0.2, 0.25) is 0 Å². The molecule has 5 aromatic rings. The van der Waals surface area contributed by atoms with Crippen molar-refractivity contribution in [2.75, 3.05) is 43.9 Å². The number of fused-ring (bicyclic) bond motifs is 4. The van der Waals surface area contributed by atoms with Crippen molar-refractivity contribution in [3.05, 3.63) is 79.2 Å². The molecule has 0 saturated carbocycles. The first kappa shape index (κ1) is 26.9. The maximum Gasteiger partial charge on any atom is 0.246 e. The third-order valence-electron chi connectivity index (χ3n) is 8.15. The molecule has 0 spiro atoms. The Labute approximate surface area is 249 Å². The molecule has 6 heterocycles. The van der Waals surface area contributed by atoms with Gasteiger partial charge in [-0.25, -0.2) is 19.0 Å². The fourth-order valence-corrected chi connectivity index (χ4v) is 6.15. The zero-order chi connectivity index (χ0) is 29.5. The number of aryl methyl sites for hydroxylation is 1. The molecule has 2 atom stereocenters. The number of aromatic nitrogens is 6. The highest BCUT2D eigenvalue weighted by Gasteiger charge is 2.42. The summed E-state index contributed by atoms with van der Waals surface area (Å²) >= 11 is 0. The average molecular weight is 579 g/mol. The molecule has 1 amide bonds. The Balaban J connectivity index is 1.10. The van der Waals surface area contributed by atoms with Gasteiger partial charge in [-0.15, -0.1) is 0 Å². The van der Waals surface area contributed by atoms with Crippen LogP contribution in [0.5, 0.6) is 11.5 Å². The van der Waals surface area contributed by atoms with Crippen LogP contribution in [-0.4, -0.2) is 90.7 Å². The van der Waals surface area contributed by atoms with Gasteiger partial charge in [0.1, 0.15) is 29.7 Å². The Morgan fingerprint density at radius 2 is 1.79 bits per heavy atom. The summed E-state index contributed by atoms with van der Waals surface area (Å²) in [4.78, 5) is 28.3. The first-order valence-corrected chi connectivity index (χ1v) is 14.5. The predicted octanol–water partition coefficient (Wildman–Crippen LogP) is 3.91. The van der Waals surface area contributed by atoms with Gasteiger partial charge in [-0.05, 0) is 69.8 Å². The summed E-state index contributed by atoms with van der Waals surface area (Å²) < 4.78 is 9.72. The highest BCUT2D eigenvalue weighted by molar-refractivity contribution is 5.89. The van der Waals surface area contributed by atoms with Crippen LogP contribution < -0.4 is 15.0 Å². The molecule has 1 aromatic carbocycles. The number of nitrogens with one attached hydrogen (secondary N) is 1. The van der Waals surface area contributed by atoms with Crippen molar-refractivity contribution >= 4 is 34.3 Å². The Morgan fingerprint density at radius 1 is 1.02 bits per heavy atom. The highest BCUT2D eigenvalue weighted by atomic mass is 16.5. The van der Waals surface area contributed by atoms with Crippen LogP contribution in [0.3, 0.4) is 0 Å². The number of benzene rings is 1. The van der Waals surface area contributed by atoms with E-state index in [-0.39, 0.29) is 18.0 Å². The van der Waals surface area contributed by atoms with E-state index in [4.69, 9.17) is 4.74 Å². The number of carbonyl (C=O) groups excluding carboxylic acids is 1. The molecule has 2 aliphatic heterocycles. The van der Waals surface area contributed by atoms with Crippen LogP contribution in [0.15, 0.2) is 73.6 Å². The van der Waals surface area contributed by atoms with Gasteiger partial charge in [-0.3, -0.25) is 4.79 Å². The third-order valence-corrected chi connectivity index (χ3v) is 8.15. The summed E-state index contributed by atoms with van der Waals surface area (Å²) in [7, 11) is 3.99. The number of likely N-dealkylation sites (N-methyl/N-ethyl adjacent to an activating group) is 1.